The highest BCUT2D eigenvalue weighted by atomic mass is 31.2. The molecule has 8 heteroatoms. The highest BCUT2D eigenvalue weighted by Gasteiger charge is 2.17. The average Bonchev–Trinajstić information content (AvgIpc) is 2.61. The fourth-order valence-electron chi connectivity index (χ4n) is 2.48. The Morgan fingerprint density at radius 2 is 1.48 bits per heavy atom. The van der Waals surface area contributed by atoms with Gasteiger partial charge in [0.05, 0.1) is 6.61 Å². The van der Waals surface area contributed by atoms with Gasteiger partial charge >= 0.3 is 13.8 Å². The van der Waals surface area contributed by atoms with Crippen molar-refractivity contribution in [3.05, 3.63) is 12.2 Å². The zero-order valence-electron chi connectivity index (χ0n) is 16.6. The van der Waals surface area contributed by atoms with Gasteiger partial charge in [0.2, 0.25) is 0 Å². The molecule has 0 saturated heterocycles. The van der Waals surface area contributed by atoms with Crippen molar-refractivity contribution in [1.29, 1.82) is 0 Å². The van der Waals surface area contributed by atoms with Crippen molar-refractivity contribution in [2.75, 3.05) is 13.2 Å². The van der Waals surface area contributed by atoms with Crippen molar-refractivity contribution in [3.8, 4) is 0 Å². The fourth-order valence-corrected chi connectivity index (χ4v) is 2.85. The van der Waals surface area contributed by atoms with Gasteiger partial charge in [-0.15, -0.1) is 0 Å². The van der Waals surface area contributed by atoms with Gasteiger partial charge in [-0.1, -0.05) is 57.6 Å². The van der Waals surface area contributed by atoms with Crippen LogP contribution in [0.25, 0.3) is 0 Å². The Kier molecular flexibility index (Phi) is 16.9. The van der Waals surface area contributed by atoms with E-state index < -0.39 is 26.5 Å². The van der Waals surface area contributed by atoms with Gasteiger partial charge in [-0.05, 0) is 32.1 Å². The summed E-state index contributed by atoms with van der Waals surface area (Å²) in [5.41, 5.74) is 0. The second kappa shape index (κ2) is 17.4. The molecule has 0 aliphatic rings. The van der Waals surface area contributed by atoms with Gasteiger partial charge in [0.15, 0.2) is 0 Å². The summed E-state index contributed by atoms with van der Waals surface area (Å²) in [5.74, 6) is -0.420. The smallest absolute Gasteiger partial charge is 0.463 e. The average molecular weight is 408 g/mol. The molecule has 1 atom stereocenters. The second-order valence-electron chi connectivity index (χ2n) is 6.75. The zero-order chi connectivity index (χ0) is 20.4. The number of carbonyl (C=O) groups excluding carboxylic acids is 1. The summed E-state index contributed by atoms with van der Waals surface area (Å²) in [7, 11) is -4.62. The maximum atomic E-state index is 11.5. The van der Waals surface area contributed by atoms with E-state index in [4.69, 9.17) is 14.5 Å². The number of phosphoric ester groups is 1. The Balaban J connectivity index is 3.41. The summed E-state index contributed by atoms with van der Waals surface area (Å²) in [6, 6.07) is 0. The van der Waals surface area contributed by atoms with Crippen molar-refractivity contribution >= 4 is 13.8 Å². The van der Waals surface area contributed by atoms with E-state index in [0.29, 0.717) is 0 Å². The molecule has 27 heavy (non-hydrogen) atoms. The van der Waals surface area contributed by atoms with E-state index in [0.717, 1.165) is 32.1 Å². The van der Waals surface area contributed by atoms with E-state index in [1.807, 2.05) is 0 Å². The lowest BCUT2D eigenvalue weighted by atomic mass is 10.1. The van der Waals surface area contributed by atoms with Gasteiger partial charge in [0.1, 0.15) is 12.7 Å². The molecule has 0 bridgehead atoms. The van der Waals surface area contributed by atoms with Crippen LogP contribution in [0.3, 0.4) is 0 Å². The Hall–Kier alpha value is -0.720. The molecule has 0 saturated carbocycles. The van der Waals surface area contributed by atoms with Gasteiger partial charge in [-0.2, -0.15) is 0 Å². The number of esters is 1. The number of ether oxygens (including phenoxy) is 1. The number of aliphatic hydroxyl groups excluding tert-OH is 1. The molecule has 0 rings (SSSR count). The lowest BCUT2D eigenvalue weighted by molar-refractivity contribution is -0.147. The quantitative estimate of drug-likeness (QED) is 0.134. The van der Waals surface area contributed by atoms with Crippen LogP contribution >= 0.6 is 7.82 Å². The van der Waals surface area contributed by atoms with E-state index in [2.05, 4.69) is 23.6 Å². The van der Waals surface area contributed by atoms with Gasteiger partial charge in [0.25, 0.3) is 0 Å². The third kappa shape index (κ3) is 21.4. The van der Waals surface area contributed by atoms with E-state index >= 15 is 0 Å². The minimum absolute atomic E-state index is 0.281. The summed E-state index contributed by atoms with van der Waals surface area (Å²) in [6.45, 7) is 1.31. The standard InChI is InChI=1S/C19H37O7P/c1-2-3-4-5-6-7-8-9-10-11-12-13-14-15-19(21)25-16-18(20)17-26-27(22,23)24/h7-8,18,20H,2-6,9-17H2,1H3,(H2,22,23,24)/t18-/m0/s1. The molecule has 160 valence electrons. The van der Waals surface area contributed by atoms with Crippen LogP contribution < -0.4 is 0 Å². The molecular weight excluding hydrogens is 371 g/mol. The topological polar surface area (TPSA) is 113 Å². The predicted molar refractivity (Wildman–Crippen MR) is 105 cm³/mol. The maximum Gasteiger partial charge on any atom is 0.469 e. The first-order valence-electron chi connectivity index (χ1n) is 10.0. The van der Waals surface area contributed by atoms with Crippen LogP contribution in [0.4, 0.5) is 0 Å². The molecule has 0 aliphatic heterocycles. The van der Waals surface area contributed by atoms with Crippen LogP contribution in [0.15, 0.2) is 12.2 Å². The van der Waals surface area contributed by atoms with Crippen molar-refractivity contribution in [2.24, 2.45) is 0 Å². The number of allylic oxidation sites excluding steroid dienone is 2. The second-order valence-corrected chi connectivity index (χ2v) is 7.99. The van der Waals surface area contributed by atoms with Crippen molar-refractivity contribution < 1.29 is 33.5 Å². The van der Waals surface area contributed by atoms with Crippen molar-refractivity contribution in [3.63, 3.8) is 0 Å². The van der Waals surface area contributed by atoms with Gasteiger partial charge in [-0.3, -0.25) is 9.32 Å². The molecule has 0 amide bonds. The molecule has 0 aromatic heterocycles. The van der Waals surface area contributed by atoms with Crippen LogP contribution in [0.2, 0.25) is 0 Å². The van der Waals surface area contributed by atoms with E-state index in [-0.39, 0.29) is 13.0 Å². The summed E-state index contributed by atoms with van der Waals surface area (Å²) in [5, 5.41) is 9.39. The fraction of sp³-hybridized carbons (Fsp3) is 0.842. The Morgan fingerprint density at radius 3 is 2.07 bits per heavy atom. The number of carbonyl (C=O) groups is 1. The number of unbranched alkanes of at least 4 members (excludes halogenated alkanes) is 9. The molecule has 0 radical (unpaired) electrons. The summed E-state index contributed by atoms with van der Waals surface area (Å²) in [6.07, 6.45) is 16.2. The van der Waals surface area contributed by atoms with E-state index in [1.165, 1.54) is 38.5 Å². The number of aliphatic hydroxyl groups is 1. The van der Waals surface area contributed by atoms with Crippen LogP contribution in [-0.4, -0.2) is 40.2 Å². The van der Waals surface area contributed by atoms with Gasteiger partial charge < -0.3 is 19.6 Å². The van der Waals surface area contributed by atoms with Crippen LogP contribution in [0, 0.1) is 0 Å². The molecule has 0 aliphatic carbocycles. The third-order valence-electron chi connectivity index (χ3n) is 4.01. The first-order valence-corrected chi connectivity index (χ1v) is 11.6. The SMILES string of the molecule is CCCCCCC=CCCCCCCCC(=O)OC[C@H](O)COP(=O)(O)O. The van der Waals surface area contributed by atoms with E-state index in [9.17, 15) is 14.5 Å². The Morgan fingerprint density at radius 1 is 0.926 bits per heavy atom. The van der Waals surface area contributed by atoms with Gasteiger partial charge in [0, 0.05) is 6.42 Å². The lowest BCUT2D eigenvalue weighted by Gasteiger charge is -2.12. The summed E-state index contributed by atoms with van der Waals surface area (Å²) in [4.78, 5) is 28.5. The Bertz CT molecular complexity index is 434. The Labute approximate surface area is 163 Å². The molecular formula is C19H37O7P. The third-order valence-corrected chi connectivity index (χ3v) is 4.50. The molecule has 0 spiro atoms. The van der Waals surface area contributed by atoms with Crippen LogP contribution in [0.1, 0.15) is 84.0 Å². The monoisotopic (exact) mass is 408 g/mol. The van der Waals surface area contributed by atoms with E-state index in [1.54, 1.807) is 0 Å². The maximum absolute atomic E-state index is 11.5. The number of hydrogen-bond donors (Lipinski definition) is 3. The lowest BCUT2D eigenvalue weighted by Crippen LogP contribution is -2.23. The largest absolute Gasteiger partial charge is 0.469 e. The molecule has 0 aromatic rings. The summed E-state index contributed by atoms with van der Waals surface area (Å²) < 4.78 is 19.4. The van der Waals surface area contributed by atoms with Crippen LogP contribution in [-0.2, 0) is 18.6 Å². The highest BCUT2D eigenvalue weighted by Crippen LogP contribution is 2.35. The van der Waals surface area contributed by atoms with Crippen LogP contribution in [0.5, 0.6) is 0 Å². The molecule has 0 fully saturated rings. The molecule has 0 aromatic carbocycles. The first kappa shape index (κ1) is 26.3. The first-order chi connectivity index (χ1) is 12.8. The van der Waals surface area contributed by atoms with Crippen molar-refractivity contribution in [2.45, 2.75) is 90.1 Å². The zero-order valence-corrected chi connectivity index (χ0v) is 17.4. The molecule has 3 N–H and O–H groups in total. The number of rotatable bonds is 18. The molecule has 0 heterocycles. The highest BCUT2D eigenvalue weighted by molar-refractivity contribution is 7.46. The normalized spacial score (nSPS) is 13.2. The minimum Gasteiger partial charge on any atom is -0.463 e. The predicted octanol–water partition coefficient (Wildman–Crippen LogP) is 4.26. The minimum atomic E-state index is -4.62. The molecule has 0 unspecified atom stereocenters. The van der Waals surface area contributed by atoms with Gasteiger partial charge in [-0.25, -0.2) is 4.57 Å². The molecule has 7 nitrogen and oxygen atoms in total. The summed E-state index contributed by atoms with van der Waals surface area (Å²) >= 11 is 0. The number of phosphoric acid groups is 1. The van der Waals surface area contributed by atoms with Crippen molar-refractivity contribution in [1.82, 2.24) is 0 Å². The number of hydrogen-bond acceptors (Lipinski definition) is 5.